The van der Waals surface area contributed by atoms with Crippen molar-refractivity contribution in [3.05, 3.63) is 48.3 Å². The Morgan fingerprint density at radius 1 is 1.26 bits per heavy atom. The van der Waals surface area contributed by atoms with E-state index in [1.807, 2.05) is 36.5 Å². The maximum Gasteiger partial charge on any atom is 0.305 e. The van der Waals surface area contributed by atoms with Crippen LogP contribution in [0, 0.1) is 0 Å². The van der Waals surface area contributed by atoms with Gasteiger partial charge in [0, 0.05) is 25.0 Å². The van der Waals surface area contributed by atoms with Gasteiger partial charge in [0.05, 0.1) is 18.5 Å². The average molecular weight is 313 g/mol. The largest absolute Gasteiger partial charge is 0.481 e. The van der Waals surface area contributed by atoms with Gasteiger partial charge in [-0.3, -0.25) is 9.59 Å². The Bertz CT molecular complexity index is 680. The number of carboxylic acids is 1. The van der Waals surface area contributed by atoms with Crippen LogP contribution in [-0.4, -0.2) is 44.3 Å². The zero-order chi connectivity index (χ0) is 16.2. The number of rotatable bonds is 5. The molecule has 1 atom stereocenters. The van der Waals surface area contributed by atoms with Crippen LogP contribution in [0.1, 0.15) is 24.8 Å². The van der Waals surface area contributed by atoms with Crippen molar-refractivity contribution in [3.63, 3.8) is 0 Å². The first-order valence-electron chi connectivity index (χ1n) is 7.74. The first kappa shape index (κ1) is 15.3. The van der Waals surface area contributed by atoms with E-state index in [1.54, 1.807) is 15.8 Å². The van der Waals surface area contributed by atoms with Gasteiger partial charge in [-0.25, -0.2) is 4.68 Å². The Morgan fingerprint density at radius 2 is 2.04 bits per heavy atom. The zero-order valence-electron chi connectivity index (χ0n) is 12.8. The molecule has 0 aliphatic carbocycles. The highest BCUT2D eigenvalue weighted by molar-refractivity contribution is 5.80. The number of nitrogens with zero attached hydrogens (tertiary/aromatic N) is 3. The van der Waals surface area contributed by atoms with Gasteiger partial charge in [0.1, 0.15) is 0 Å². The summed E-state index contributed by atoms with van der Waals surface area (Å²) in [6.07, 6.45) is 5.56. The number of aromatic nitrogens is 2. The van der Waals surface area contributed by atoms with Gasteiger partial charge >= 0.3 is 5.97 Å². The summed E-state index contributed by atoms with van der Waals surface area (Å²) in [7, 11) is 0. The van der Waals surface area contributed by atoms with Crippen molar-refractivity contribution in [2.45, 2.75) is 31.7 Å². The van der Waals surface area contributed by atoms with Gasteiger partial charge in [-0.1, -0.05) is 12.1 Å². The minimum atomic E-state index is -0.849. The Kier molecular flexibility index (Phi) is 4.41. The van der Waals surface area contributed by atoms with Crippen LogP contribution in [0.2, 0.25) is 0 Å². The predicted molar refractivity (Wildman–Crippen MR) is 84.3 cm³/mol. The first-order chi connectivity index (χ1) is 11.1. The molecule has 120 valence electrons. The minimum Gasteiger partial charge on any atom is -0.481 e. The molecule has 1 unspecified atom stereocenters. The SMILES string of the molecule is O=C(O)CC1CCCN1C(=O)Cc1ccc(-n2cccn2)cc1. The molecule has 1 aliphatic rings. The van der Waals surface area contributed by atoms with E-state index < -0.39 is 5.97 Å². The van der Waals surface area contributed by atoms with Gasteiger partial charge in [-0.15, -0.1) is 0 Å². The molecule has 3 rings (SSSR count). The fourth-order valence-corrected chi connectivity index (χ4v) is 3.04. The molecular formula is C17H19N3O3. The monoisotopic (exact) mass is 313 g/mol. The lowest BCUT2D eigenvalue weighted by molar-refractivity contribution is -0.139. The molecular weight excluding hydrogens is 294 g/mol. The number of benzene rings is 1. The highest BCUT2D eigenvalue weighted by Gasteiger charge is 2.30. The van der Waals surface area contributed by atoms with Gasteiger partial charge in [0.25, 0.3) is 0 Å². The van der Waals surface area contributed by atoms with Crippen LogP contribution in [0.4, 0.5) is 0 Å². The Balaban J connectivity index is 1.64. The normalized spacial score (nSPS) is 17.4. The van der Waals surface area contributed by atoms with Crippen molar-refractivity contribution in [2.24, 2.45) is 0 Å². The molecule has 0 spiro atoms. The van der Waals surface area contributed by atoms with Gasteiger partial charge in [0.15, 0.2) is 0 Å². The molecule has 1 aromatic carbocycles. The molecule has 1 fully saturated rings. The second-order valence-corrected chi connectivity index (χ2v) is 5.77. The summed E-state index contributed by atoms with van der Waals surface area (Å²) in [5.41, 5.74) is 1.86. The van der Waals surface area contributed by atoms with E-state index in [-0.39, 0.29) is 18.4 Å². The Hall–Kier alpha value is -2.63. The molecule has 1 saturated heterocycles. The van der Waals surface area contributed by atoms with Gasteiger partial charge in [-0.2, -0.15) is 5.10 Å². The summed E-state index contributed by atoms with van der Waals surface area (Å²) in [6.45, 7) is 0.655. The summed E-state index contributed by atoms with van der Waals surface area (Å²) in [5.74, 6) is -0.848. The Morgan fingerprint density at radius 3 is 2.70 bits per heavy atom. The summed E-state index contributed by atoms with van der Waals surface area (Å²) in [5, 5.41) is 13.1. The summed E-state index contributed by atoms with van der Waals surface area (Å²) >= 11 is 0. The van der Waals surface area contributed by atoms with Crippen molar-refractivity contribution in [3.8, 4) is 5.69 Å². The lowest BCUT2D eigenvalue weighted by Crippen LogP contribution is -2.37. The number of carbonyl (C=O) groups excluding carboxylic acids is 1. The van der Waals surface area contributed by atoms with E-state index in [4.69, 9.17) is 5.11 Å². The highest BCUT2D eigenvalue weighted by atomic mass is 16.4. The molecule has 1 amide bonds. The van der Waals surface area contributed by atoms with Crippen LogP contribution in [-0.2, 0) is 16.0 Å². The molecule has 1 N–H and O–H groups in total. The van der Waals surface area contributed by atoms with Crippen LogP contribution in [0.3, 0.4) is 0 Å². The highest BCUT2D eigenvalue weighted by Crippen LogP contribution is 2.21. The number of hydrogen-bond acceptors (Lipinski definition) is 3. The molecule has 6 nitrogen and oxygen atoms in total. The van der Waals surface area contributed by atoms with E-state index in [2.05, 4.69) is 5.10 Å². The van der Waals surface area contributed by atoms with E-state index in [9.17, 15) is 9.59 Å². The standard InChI is InChI=1S/C17H19N3O3/c21-16(19-9-1-3-15(19)12-17(22)23)11-13-4-6-14(7-5-13)20-10-2-8-18-20/h2,4-8,10,15H,1,3,9,11-12H2,(H,22,23). The first-order valence-corrected chi connectivity index (χ1v) is 7.74. The van der Waals surface area contributed by atoms with Crippen LogP contribution < -0.4 is 0 Å². The summed E-state index contributed by atoms with van der Waals surface area (Å²) < 4.78 is 1.76. The number of likely N-dealkylation sites (tertiary alicyclic amines) is 1. The third-order valence-corrected chi connectivity index (χ3v) is 4.17. The van der Waals surface area contributed by atoms with E-state index >= 15 is 0 Å². The van der Waals surface area contributed by atoms with E-state index in [0.29, 0.717) is 13.0 Å². The molecule has 6 heteroatoms. The maximum atomic E-state index is 12.4. The quantitative estimate of drug-likeness (QED) is 0.914. The van der Waals surface area contributed by atoms with Gasteiger partial charge in [-0.05, 0) is 36.6 Å². The molecule has 23 heavy (non-hydrogen) atoms. The molecule has 1 aliphatic heterocycles. The second kappa shape index (κ2) is 6.64. The third kappa shape index (κ3) is 3.59. The number of hydrogen-bond donors (Lipinski definition) is 1. The molecule has 0 saturated carbocycles. The van der Waals surface area contributed by atoms with Crippen molar-refractivity contribution in [1.82, 2.24) is 14.7 Å². The van der Waals surface area contributed by atoms with Crippen LogP contribution in [0.5, 0.6) is 0 Å². The number of carboxylic acid groups (broad SMARTS) is 1. The van der Waals surface area contributed by atoms with Crippen LogP contribution in [0.25, 0.3) is 5.69 Å². The molecule has 2 aromatic rings. The molecule has 1 aromatic heterocycles. The number of amides is 1. The predicted octanol–water partition coefficient (Wildman–Crippen LogP) is 1.88. The van der Waals surface area contributed by atoms with Gasteiger partial charge in [0.2, 0.25) is 5.91 Å². The van der Waals surface area contributed by atoms with Crippen LogP contribution in [0.15, 0.2) is 42.7 Å². The maximum absolute atomic E-state index is 12.4. The number of aliphatic carboxylic acids is 1. The topological polar surface area (TPSA) is 75.4 Å². The van der Waals surface area contributed by atoms with E-state index in [1.165, 1.54) is 0 Å². The van der Waals surface area contributed by atoms with Crippen molar-refractivity contribution in [1.29, 1.82) is 0 Å². The summed E-state index contributed by atoms with van der Waals surface area (Å²) in [4.78, 5) is 25.0. The minimum absolute atomic E-state index is 0.000546. The third-order valence-electron chi connectivity index (χ3n) is 4.17. The fraction of sp³-hybridized carbons (Fsp3) is 0.353. The molecule has 2 heterocycles. The van der Waals surface area contributed by atoms with Crippen molar-refractivity contribution in [2.75, 3.05) is 6.54 Å². The van der Waals surface area contributed by atoms with Gasteiger partial charge < -0.3 is 10.0 Å². The van der Waals surface area contributed by atoms with Crippen molar-refractivity contribution >= 4 is 11.9 Å². The molecule has 0 bridgehead atoms. The summed E-state index contributed by atoms with van der Waals surface area (Å²) in [6, 6.07) is 9.37. The van der Waals surface area contributed by atoms with Crippen molar-refractivity contribution < 1.29 is 14.7 Å². The lowest BCUT2D eigenvalue weighted by Gasteiger charge is -2.23. The second-order valence-electron chi connectivity index (χ2n) is 5.77. The zero-order valence-corrected chi connectivity index (χ0v) is 12.8. The van der Waals surface area contributed by atoms with Crippen LogP contribution >= 0.6 is 0 Å². The smallest absolute Gasteiger partial charge is 0.305 e. The number of carbonyl (C=O) groups is 2. The lowest BCUT2D eigenvalue weighted by atomic mass is 10.1. The Labute approximate surface area is 134 Å². The van der Waals surface area contributed by atoms with E-state index in [0.717, 1.165) is 24.1 Å². The molecule has 0 radical (unpaired) electrons. The fourth-order valence-electron chi connectivity index (χ4n) is 3.04. The average Bonchev–Trinajstić information content (AvgIpc) is 3.18.